The monoisotopic (exact) mass is 478 g/mol. The van der Waals surface area contributed by atoms with Crippen LogP contribution in [0.15, 0.2) is 11.6 Å². The van der Waals surface area contributed by atoms with E-state index < -0.39 is 0 Å². The molecule has 3 aliphatic heterocycles. The Hall–Kier alpha value is -1.15. The second-order valence-electron chi connectivity index (χ2n) is 11.2. The summed E-state index contributed by atoms with van der Waals surface area (Å²) in [6, 6.07) is 0. The van der Waals surface area contributed by atoms with Gasteiger partial charge in [0.1, 0.15) is 23.4 Å². The van der Waals surface area contributed by atoms with Gasteiger partial charge >= 0.3 is 6.09 Å². The molecule has 0 radical (unpaired) electrons. The number of nitrogens with zero attached hydrogens (tertiary/aromatic N) is 2. The Morgan fingerprint density at radius 2 is 1.97 bits per heavy atom. The fraction of sp³-hybridized carbons (Fsp3) is 0.889. The van der Waals surface area contributed by atoms with Gasteiger partial charge in [0.05, 0.1) is 18.6 Å². The number of methoxy groups -OCH3 is 1. The molecule has 4 aliphatic rings. The number of carbonyl (C=O) groups is 1. The van der Waals surface area contributed by atoms with Crippen LogP contribution in [0, 0.1) is 11.8 Å². The van der Waals surface area contributed by atoms with E-state index >= 15 is 0 Å². The molecule has 1 aliphatic carbocycles. The van der Waals surface area contributed by atoms with Crippen molar-refractivity contribution in [2.24, 2.45) is 11.8 Å². The molecule has 7 nitrogen and oxygen atoms in total. The molecule has 0 aromatic rings. The quantitative estimate of drug-likeness (QED) is 0.345. The standard InChI is InChI=1S/C27H46N2O5/c1-7-28(8-2)15-12-20-13-16-29(17-20)25(30)33-21-11-14-27(18-32-27)24(23(21)31-6)26(5)22(34-26)10-9-19(3)4/h9,20-24H,7-8,10-18H2,1-6H3/t20-,21?,22-,23?,24?,26+,27?/m1/s1. The minimum Gasteiger partial charge on any atom is -0.443 e. The van der Waals surface area contributed by atoms with Gasteiger partial charge in [-0.2, -0.15) is 0 Å². The van der Waals surface area contributed by atoms with Gasteiger partial charge in [0, 0.05) is 20.2 Å². The van der Waals surface area contributed by atoms with E-state index in [0.29, 0.717) is 5.92 Å². The summed E-state index contributed by atoms with van der Waals surface area (Å²) in [6.07, 6.45) is 6.48. The minimum atomic E-state index is -0.308. The van der Waals surface area contributed by atoms with Gasteiger partial charge in [0.25, 0.3) is 0 Å². The normalized spacial score (nSPS) is 38.9. The van der Waals surface area contributed by atoms with Crippen molar-refractivity contribution in [1.29, 1.82) is 0 Å². The number of hydrogen-bond acceptors (Lipinski definition) is 6. The molecule has 0 bridgehead atoms. The average Bonchev–Trinajstić information content (AvgIpc) is 3.67. The van der Waals surface area contributed by atoms with Crippen molar-refractivity contribution in [3.8, 4) is 0 Å². The summed E-state index contributed by atoms with van der Waals surface area (Å²) in [4.78, 5) is 17.5. The SMILES string of the molecule is CCN(CC)CC[C@@H]1CCN(C(=O)OC2CCC3(CO3)C([C@@]3(C)O[C@@H]3CC=C(C)C)C2OC)C1. The maximum Gasteiger partial charge on any atom is 0.410 e. The van der Waals surface area contributed by atoms with Crippen LogP contribution in [0.3, 0.4) is 0 Å². The van der Waals surface area contributed by atoms with Gasteiger partial charge in [-0.1, -0.05) is 25.5 Å². The molecule has 0 N–H and O–H groups in total. The maximum absolute atomic E-state index is 13.1. The molecule has 4 fully saturated rings. The second-order valence-corrected chi connectivity index (χ2v) is 11.2. The number of ether oxygens (including phenoxy) is 4. The molecular weight excluding hydrogens is 432 g/mol. The van der Waals surface area contributed by atoms with Crippen LogP contribution in [0.5, 0.6) is 0 Å². The van der Waals surface area contributed by atoms with Crippen molar-refractivity contribution >= 4 is 6.09 Å². The molecule has 7 atom stereocenters. The smallest absolute Gasteiger partial charge is 0.410 e. The molecule has 1 saturated carbocycles. The van der Waals surface area contributed by atoms with E-state index in [4.69, 9.17) is 18.9 Å². The lowest BCUT2D eigenvalue weighted by atomic mass is 9.68. The average molecular weight is 479 g/mol. The summed E-state index contributed by atoms with van der Waals surface area (Å²) >= 11 is 0. The molecule has 3 saturated heterocycles. The van der Waals surface area contributed by atoms with Gasteiger partial charge < -0.3 is 28.7 Å². The Balaban J connectivity index is 1.35. The Labute approximate surface area is 206 Å². The summed E-state index contributed by atoms with van der Waals surface area (Å²) < 4.78 is 24.5. The fourth-order valence-electron chi connectivity index (χ4n) is 6.41. The summed E-state index contributed by atoms with van der Waals surface area (Å²) in [5.74, 6) is 0.621. The number of epoxide rings is 2. The van der Waals surface area contributed by atoms with Crippen molar-refractivity contribution in [3.63, 3.8) is 0 Å². The molecule has 3 heterocycles. The van der Waals surface area contributed by atoms with E-state index in [1.54, 1.807) is 7.11 Å². The maximum atomic E-state index is 13.1. The highest BCUT2D eigenvalue weighted by atomic mass is 16.6. The van der Waals surface area contributed by atoms with Gasteiger partial charge in [-0.15, -0.1) is 0 Å². The molecule has 4 rings (SSSR count). The number of allylic oxidation sites excluding steroid dienone is 1. The molecule has 0 aromatic heterocycles. The number of amides is 1. The summed E-state index contributed by atoms with van der Waals surface area (Å²) in [5, 5.41) is 0. The van der Waals surface area contributed by atoms with E-state index in [9.17, 15) is 4.79 Å². The Bertz CT molecular complexity index is 745. The lowest BCUT2D eigenvalue weighted by Crippen LogP contribution is -2.56. The summed E-state index contributed by atoms with van der Waals surface area (Å²) in [5.41, 5.74) is 0.800. The molecule has 1 spiro atoms. The van der Waals surface area contributed by atoms with Crippen molar-refractivity contribution in [2.75, 3.05) is 46.4 Å². The van der Waals surface area contributed by atoms with Gasteiger partial charge in [-0.05, 0) is 78.4 Å². The van der Waals surface area contributed by atoms with Crippen LogP contribution in [0.4, 0.5) is 4.79 Å². The lowest BCUT2D eigenvalue weighted by molar-refractivity contribution is -0.121. The van der Waals surface area contributed by atoms with Crippen LogP contribution < -0.4 is 0 Å². The second kappa shape index (κ2) is 10.5. The van der Waals surface area contributed by atoms with E-state index in [1.165, 1.54) is 5.57 Å². The van der Waals surface area contributed by atoms with Crippen LogP contribution in [0.1, 0.15) is 66.7 Å². The largest absolute Gasteiger partial charge is 0.443 e. The summed E-state index contributed by atoms with van der Waals surface area (Å²) in [6.45, 7) is 16.4. The van der Waals surface area contributed by atoms with Gasteiger partial charge in [0.2, 0.25) is 0 Å². The molecule has 1 amide bonds. The number of hydrogen-bond donors (Lipinski definition) is 0. The Kier molecular flexibility index (Phi) is 7.97. The van der Waals surface area contributed by atoms with Crippen LogP contribution in [0.25, 0.3) is 0 Å². The zero-order valence-electron chi connectivity index (χ0n) is 22.2. The summed E-state index contributed by atoms with van der Waals surface area (Å²) in [7, 11) is 1.73. The lowest BCUT2D eigenvalue weighted by Gasteiger charge is -2.43. The highest BCUT2D eigenvalue weighted by Crippen LogP contribution is 2.59. The van der Waals surface area contributed by atoms with E-state index in [1.807, 2.05) is 4.90 Å². The topological polar surface area (TPSA) is 67.1 Å². The first kappa shape index (κ1) is 25.9. The third-order valence-electron chi connectivity index (χ3n) is 8.78. The predicted octanol–water partition coefficient (Wildman–Crippen LogP) is 4.25. The molecule has 0 aromatic carbocycles. The van der Waals surface area contributed by atoms with Gasteiger partial charge in [0.15, 0.2) is 0 Å². The van der Waals surface area contributed by atoms with E-state index in [0.717, 1.165) is 71.4 Å². The highest BCUT2D eigenvalue weighted by Gasteiger charge is 2.72. The first-order chi connectivity index (χ1) is 16.3. The van der Waals surface area contributed by atoms with E-state index in [2.05, 4.69) is 45.6 Å². The Morgan fingerprint density at radius 1 is 1.24 bits per heavy atom. The first-order valence-corrected chi connectivity index (χ1v) is 13.4. The molecule has 4 unspecified atom stereocenters. The van der Waals surface area contributed by atoms with E-state index in [-0.39, 0.29) is 41.5 Å². The molecule has 194 valence electrons. The zero-order chi connectivity index (χ0) is 24.5. The van der Waals surface area contributed by atoms with Crippen LogP contribution in [0.2, 0.25) is 0 Å². The van der Waals surface area contributed by atoms with Crippen LogP contribution in [-0.4, -0.2) is 91.8 Å². The minimum absolute atomic E-state index is 0.0625. The van der Waals surface area contributed by atoms with Crippen LogP contribution >= 0.6 is 0 Å². The van der Waals surface area contributed by atoms with Crippen LogP contribution in [-0.2, 0) is 18.9 Å². The third kappa shape index (κ3) is 5.32. The Morgan fingerprint density at radius 3 is 2.59 bits per heavy atom. The van der Waals surface area contributed by atoms with Gasteiger partial charge in [-0.25, -0.2) is 4.79 Å². The first-order valence-electron chi connectivity index (χ1n) is 13.4. The van der Waals surface area contributed by atoms with Crippen molar-refractivity contribution in [1.82, 2.24) is 9.80 Å². The number of carbonyl (C=O) groups excluding carboxylic acids is 1. The zero-order valence-corrected chi connectivity index (χ0v) is 22.2. The van der Waals surface area contributed by atoms with Crippen molar-refractivity contribution < 1.29 is 23.7 Å². The van der Waals surface area contributed by atoms with Crippen molar-refractivity contribution in [2.45, 2.75) is 96.2 Å². The fourth-order valence-corrected chi connectivity index (χ4v) is 6.41. The van der Waals surface area contributed by atoms with Crippen molar-refractivity contribution in [3.05, 3.63) is 11.6 Å². The highest BCUT2D eigenvalue weighted by molar-refractivity contribution is 5.68. The van der Waals surface area contributed by atoms with Gasteiger partial charge in [-0.3, -0.25) is 0 Å². The predicted molar refractivity (Wildman–Crippen MR) is 132 cm³/mol. The molecule has 34 heavy (non-hydrogen) atoms. The number of likely N-dealkylation sites (tertiary alicyclic amines) is 1. The third-order valence-corrected chi connectivity index (χ3v) is 8.78. The molecule has 7 heteroatoms. The molecular formula is C27H46N2O5. The number of rotatable bonds is 10.